The lowest BCUT2D eigenvalue weighted by atomic mass is 9.92. The summed E-state index contributed by atoms with van der Waals surface area (Å²) in [7, 11) is 0. The summed E-state index contributed by atoms with van der Waals surface area (Å²) in [5, 5.41) is 28.8. The van der Waals surface area contributed by atoms with Crippen molar-refractivity contribution < 1.29 is 24.9 Å². The summed E-state index contributed by atoms with van der Waals surface area (Å²) >= 11 is 0. The fourth-order valence-corrected chi connectivity index (χ4v) is 3.33. The van der Waals surface area contributed by atoms with E-state index in [0.29, 0.717) is 6.42 Å². The third-order valence-corrected chi connectivity index (χ3v) is 5.02. The van der Waals surface area contributed by atoms with Gasteiger partial charge in [-0.25, -0.2) is 0 Å². The fourth-order valence-electron chi connectivity index (χ4n) is 3.33. The molecule has 0 amide bonds. The zero-order valence-corrected chi connectivity index (χ0v) is 17.9. The zero-order valence-electron chi connectivity index (χ0n) is 17.9. The molecule has 0 saturated heterocycles. The quantitative estimate of drug-likeness (QED) is 0.240. The number of hydrogen-bond donors (Lipinski definition) is 3. The minimum Gasteiger partial charge on any atom is -0.463 e. The molecule has 0 aromatic heterocycles. The maximum absolute atomic E-state index is 12.2. The molecule has 0 radical (unpaired) electrons. The predicted octanol–water partition coefficient (Wildman–Crippen LogP) is 4.36. The molecule has 0 fully saturated rings. The van der Waals surface area contributed by atoms with Crippen molar-refractivity contribution in [2.24, 2.45) is 5.92 Å². The van der Waals surface area contributed by atoms with Crippen LogP contribution in [-0.4, -0.2) is 46.2 Å². The van der Waals surface area contributed by atoms with Gasteiger partial charge in [0, 0.05) is 0 Å². The van der Waals surface area contributed by atoms with Crippen LogP contribution in [0.25, 0.3) is 0 Å². The number of hydrogen-bond acceptors (Lipinski definition) is 5. The lowest BCUT2D eigenvalue weighted by Gasteiger charge is -2.25. The van der Waals surface area contributed by atoms with Gasteiger partial charge >= 0.3 is 5.97 Å². The molecule has 5 nitrogen and oxygen atoms in total. The zero-order chi connectivity index (χ0) is 20.5. The molecule has 0 aliphatic heterocycles. The van der Waals surface area contributed by atoms with E-state index in [1.54, 1.807) is 13.8 Å². The highest BCUT2D eigenvalue weighted by Gasteiger charge is 2.32. The van der Waals surface area contributed by atoms with Gasteiger partial charge in [0.25, 0.3) is 0 Å². The van der Waals surface area contributed by atoms with Crippen LogP contribution >= 0.6 is 0 Å². The number of aliphatic hydroxyl groups excluding tert-OH is 3. The van der Waals surface area contributed by atoms with Gasteiger partial charge in [-0.05, 0) is 20.3 Å². The van der Waals surface area contributed by atoms with E-state index in [0.717, 1.165) is 19.3 Å². The highest BCUT2D eigenvalue weighted by molar-refractivity contribution is 5.73. The van der Waals surface area contributed by atoms with Crippen molar-refractivity contribution in [3.8, 4) is 0 Å². The summed E-state index contributed by atoms with van der Waals surface area (Å²) in [6.07, 6.45) is 12.4. The molecule has 0 spiro atoms. The molecule has 0 aliphatic carbocycles. The first kappa shape index (κ1) is 26.4. The van der Waals surface area contributed by atoms with Crippen molar-refractivity contribution in [2.45, 2.75) is 123 Å². The Bertz CT molecular complexity index is 346. The standard InChI is InChI=1S/C22H44O5/c1-4-5-6-7-8-9-10-11-12-13-14-15-16-19(21(25)20(24)17-23)22(26)27-18(2)3/h18-21,23-25H,4-17H2,1-3H3. The topological polar surface area (TPSA) is 87.0 Å². The third kappa shape index (κ3) is 14.1. The van der Waals surface area contributed by atoms with Crippen LogP contribution in [0.5, 0.6) is 0 Å². The van der Waals surface area contributed by atoms with E-state index in [2.05, 4.69) is 6.92 Å². The highest BCUT2D eigenvalue weighted by atomic mass is 16.5. The molecule has 0 heterocycles. The molecule has 5 heteroatoms. The molecule has 27 heavy (non-hydrogen) atoms. The van der Waals surface area contributed by atoms with Crippen molar-refractivity contribution in [1.82, 2.24) is 0 Å². The summed E-state index contributed by atoms with van der Waals surface area (Å²) in [6, 6.07) is 0. The molecule has 3 N–H and O–H groups in total. The molecule has 0 aliphatic rings. The van der Waals surface area contributed by atoms with Gasteiger partial charge in [-0.15, -0.1) is 0 Å². The molecule has 0 saturated carbocycles. The van der Waals surface area contributed by atoms with Crippen LogP contribution in [0, 0.1) is 5.92 Å². The SMILES string of the molecule is CCCCCCCCCCCCCCC(C(=O)OC(C)C)C(O)C(O)CO. The lowest BCUT2D eigenvalue weighted by molar-refractivity contribution is -0.161. The second kappa shape index (κ2) is 17.4. The van der Waals surface area contributed by atoms with Crippen LogP contribution in [-0.2, 0) is 9.53 Å². The van der Waals surface area contributed by atoms with Crippen LogP contribution in [0.4, 0.5) is 0 Å². The molecule has 0 aromatic carbocycles. The normalized spacial score (nSPS) is 14.9. The Labute approximate surface area is 166 Å². The van der Waals surface area contributed by atoms with Crippen LogP contribution < -0.4 is 0 Å². The molecule has 0 aromatic rings. The van der Waals surface area contributed by atoms with Crippen molar-refractivity contribution >= 4 is 5.97 Å². The molecule has 0 bridgehead atoms. The van der Waals surface area contributed by atoms with E-state index in [1.165, 1.54) is 57.8 Å². The predicted molar refractivity (Wildman–Crippen MR) is 110 cm³/mol. The number of ether oxygens (including phenoxy) is 1. The monoisotopic (exact) mass is 388 g/mol. The van der Waals surface area contributed by atoms with Gasteiger partial charge in [0.15, 0.2) is 0 Å². The van der Waals surface area contributed by atoms with Gasteiger partial charge in [0.2, 0.25) is 0 Å². The molecular formula is C22H44O5. The highest BCUT2D eigenvalue weighted by Crippen LogP contribution is 2.20. The Hall–Kier alpha value is -0.650. The van der Waals surface area contributed by atoms with Gasteiger partial charge in [0.1, 0.15) is 6.10 Å². The molecule has 3 unspecified atom stereocenters. The first-order valence-corrected chi connectivity index (χ1v) is 11.1. The number of aliphatic hydroxyl groups is 3. The van der Waals surface area contributed by atoms with Crippen molar-refractivity contribution in [3.63, 3.8) is 0 Å². The molecule has 0 rings (SSSR count). The number of carbonyl (C=O) groups excluding carboxylic acids is 1. The van der Waals surface area contributed by atoms with Crippen molar-refractivity contribution in [3.05, 3.63) is 0 Å². The van der Waals surface area contributed by atoms with E-state index in [4.69, 9.17) is 9.84 Å². The molecular weight excluding hydrogens is 344 g/mol. The van der Waals surface area contributed by atoms with Crippen molar-refractivity contribution in [2.75, 3.05) is 6.61 Å². The summed E-state index contributed by atoms with van der Waals surface area (Å²) in [4.78, 5) is 12.2. The largest absolute Gasteiger partial charge is 0.463 e. The second-order valence-corrected chi connectivity index (χ2v) is 8.01. The third-order valence-electron chi connectivity index (χ3n) is 5.02. The Morgan fingerprint density at radius 1 is 0.815 bits per heavy atom. The minimum atomic E-state index is -1.31. The number of unbranched alkanes of at least 4 members (excludes halogenated alkanes) is 11. The van der Waals surface area contributed by atoms with Crippen LogP contribution in [0.1, 0.15) is 104 Å². The number of rotatable bonds is 18. The fraction of sp³-hybridized carbons (Fsp3) is 0.955. The smallest absolute Gasteiger partial charge is 0.311 e. The first-order chi connectivity index (χ1) is 12.9. The Morgan fingerprint density at radius 3 is 1.67 bits per heavy atom. The maximum atomic E-state index is 12.2. The minimum absolute atomic E-state index is 0.263. The van der Waals surface area contributed by atoms with E-state index < -0.39 is 30.7 Å². The van der Waals surface area contributed by atoms with Gasteiger partial charge in [-0.2, -0.15) is 0 Å². The average Bonchev–Trinajstić information content (AvgIpc) is 2.63. The van der Waals surface area contributed by atoms with E-state index in [9.17, 15) is 15.0 Å². The lowest BCUT2D eigenvalue weighted by Crippen LogP contribution is -2.41. The summed E-state index contributed by atoms with van der Waals surface area (Å²) in [5.41, 5.74) is 0. The number of carbonyl (C=O) groups is 1. The first-order valence-electron chi connectivity index (χ1n) is 11.1. The van der Waals surface area contributed by atoms with Gasteiger partial charge in [-0.3, -0.25) is 4.79 Å². The van der Waals surface area contributed by atoms with E-state index in [-0.39, 0.29) is 6.10 Å². The molecule has 162 valence electrons. The number of esters is 1. The summed E-state index contributed by atoms with van der Waals surface area (Å²) in [5.74, 6) is -1.27. The molecule has 3 atom stereocenters. The van der Waals surface area contributed by atoms with Crippen molar-refractivity contribution in [1.29, 1.82) is 0 Å². The Morgan fingerprint density at radius 2 is 1.26 bits per heavy atom. The average molecular weight is 389 g/mol. The van der Waals surface area contributed by atoms with Gasteiger partial charge in [0.05, 0.1) is 24.7 Å². The second-order valence-electron chi connectivity index (χ2n) is 8.01. The van der Waals surface area contributed by atoms with Crippen LogP contribution in [0.2, 0.25) is 0 Å². The van der Waals surface area contributed by atoms with Crippen LogP contribution in [0.3, 0.4) is 0 Å². The van der Waals surface area contributed by atoms with E-state index >= 15 is 0 Å². The van der Waals surface area contributed by atoms with E-state index in [1.807, 2.05) is 0 Å². The van der Waals surface area contributed by atoms with Gasteiger partial charge in [-0.1, -0.05) is 84.0 Å². The Kier molecular flexibility index (Phi) is 17.0. The maximum Gasteiger partial charge on any atom is 0.311 e. The summed E-state index contributed by atoms with van der Waals surface area (Å²) in [6.45, 7) is 5.19. The summed E-state index contributed by atoms with van der Waals surface area (Å²) < 4.78 is 5.19. The van der Waals surface area contributed by atoms with Gasteiger partial charge < -0.3 is 20.1 Å². The van der Waals surface area contributed by atoms with Crippen LogP contribution in [0.15, 0.2) is 0 Å². The Balaban J connectivity index is 3.91.